The van der Waals surface area contributed by atoms with Crippen LogP contribution in [0.5, 0.6) is 0 Å². The van der Waals surface area contributed by atoms with Crippen LogP contribution in [-0.2, 0) is 12.8 Å². The van der Waals surface area contributed by atoms with Crippen LogP contribution < -0.4 is 0 Å². The molecule has 0 spiro atoms. The molecule has 0 aliphatic heterocycles. The Kier molecular flexibility index (Phi) is 3.30. The molecule has 2 rings (SSSR count). The fraction of sp³-hybridized carbons (Fsp3) is 0.143. The summed E-state index contributed by atoms with van der Waals surface area (Å²) >= 11 is 0. The van der Waals surface area contributed by atoms with Gasteiger partial charge in [-0.1, -0.05) is 36.4 Å². The van der Waals surface area contributed by atoms with Crippen molar-refractivity contribution < 1.29 is 0 Å². The maximum Gasteiger partial charge on any atom is 0.140 e. The quantitative estimate of drug-likeness (QED) is 0.777. The fourth-order valence-electron chi connectivity index (χ4n) is 1.60. The number of aromatic nitrogens is 1. The van der Waals surface area contributed by atoms with Crippen molar-refractivity contribution in [3.63, 3.8) is 0 Å². The summed E-state index contributed by atoms with van der Waals surface area (Å²) in [5.41, 5.74) is 2.76. The SMILES string of the molecule is N#Cc1cccc(CCc2ccccc2)n1. The number of hydrogen-bond donors (Lipinski definition) is 0. The Hall–Kier alpha value is -2.14. The van der Waals surface area contributed by atoms with Gasteiger partial charge in [-0.3, -0.25) is 0 Å². The lowest BCUT2D eigenvalue weighted by Gasteiger charge is -2.01. The lowest BCUT2D eigenvalue weighted by Crippen LogP contribution is -1.95. The highest BCUT2D eigenvalue weighted by Gasteiger charge is 1.98. The maximum atomic E-state index is 8.73. The molecule has 2 nitrogen and oxygen atoms in total. The van der Waals surface area contributed by atoms with Crippen LogP contribution in [0.15, 0.2) is 48.5 Å². The standard InChI is InChI=1S/C14H12N2/c15-11-14-8-4-7-13(16-14)10-9-12-5-2-1-3-6-12/h1-8H,9-10H2. The topological polar surface area (TPSA) is 36.7 Å². The molecule has 2 heteroatoms. The first-order valence-electron chi connectivity index (χ1n) is 5.28. The number of rotatable bonds is 3. The molecule has 1 aromatic carbocycles. The summed E-state index contributed by atoms with van der Waals surface area (Å²) in [4.78, 5) is 4.25. The molecule has 0 bridgehead atoms. The minimum absolute atomic E-state index is 0.491. The van der Waals surface area contributed by atoms with Crippen molar-refractivity contribution in [3.05, 3.63) is 65.5 Å². The van der Waals surface area contributed by atoms with Crippen molar-refractivity contribution in [1.29, 1.82) is 5.26 Å². The number of benzene rings is 1. The average Bonchev–Trinajstić information content (AvgIpc) is 2.38. The predicted octanol–water partition coefficient (Wildman–Crippen LogP) is 2.74. The van der Waals surface area contributed by atoms with Crippen molar-refractivity contribution in [1.82, 2.24) is 4.98 Å². The van der Waals surface area contributed by atoms with Crippen LogP contribution in [-0.4, -0.2) is 4.98 Å². The zero-order valence-electron chi connectivity index (χ0n) is 8.93. The Bertz CT molecular complexity index is 498. The highest BCUT2D eigenvalue weighted by molar-refractivity contribution is 5.23. The van der Waals surface area contributed by atoms with Gasteiger partial charge in [0, 0.05) is 5.69 Å². The number of nitrogens with zero attached hydrogens (tertiary/aromatic N) is 2. The molecule has 78 valence electrons. The Morgan fingerprint density at radius 3 is 2.50 bits per heavy atom. The summed E-state index contributed by atoms with van der Waals surface area (Å²) < 4.78 is 0. The highest BCUT2D eigenvalue weighted by atomic mass is 14.7. The second-order valence-electron chi connectivity index (χ2n) is 3.61. The molecular weight excluding hydrogens is 196 g/mol. The smallest absolute Gasteiger partial charge is 0.140 e. The second kappa shape index (κ2) is 5.09. The van der Waals surface area contributed by atoms with Gasteiger partial charge in [-0.2, -0.15) is 5.26 Å². The van der Waals surface area contributed by atoms with E-state index in [0.29, 0.717) is 5.69 Å². The molecule has 0 fully saturated rings. The Labute approximate surface area is 95.2 Å². The van der Waals surface area contributed by atoms with E-state index in [1.165, 1.54) is 5.56 Å². The molecule has 0 amide bonds. The van der Waals surface area contributed by atoms with Crippen LogP contribution in [0.25, 0.3) is 0 Å². The lowest BCUT2D eigenvalue weighted by atomic mass is 10.1. The van der Waals surface area contributed by atoms with Crippen LogP contribution in [0.4, 0.5) is 0 Å². The maximum absolute atomic E-state index is 8.73. The third-order valence-corrected chi connectivity index (χ3v) is 2.43. The minimum Gasteiger partial charge on any atom is -0.242 e. The van der Waals surface area contributed by atoms with Gasteiger partial charge in [-0.15, -0.1) is 0 Å². The van der Waals surface area contributed by atoms with E-state index < -0.39 is 0 Å². The van der Waals surface area contributed by atoms with Crippen molar-refractivity contribution >= 4 is 0 Å². The second-order valence-corrected chi connectivity index (χ2v) is 3.61. The van der Waals surface area contributed by atoms with Gasteiger partial charge in [0.2, 0.25) is 0 Å². The van der Waals surface area contributed by atoms with Crippen molar-refractivity contribution in [2.45, 2.75) is 12.8 Å². The van der Waals surface area contributed by atoms with E-state index in [1.54, 1.807) is 6.07 Å². The molecule has 1 heterocycles. The van der Waals surface area contributed by atoms with Crippen LogP contribution in [0.1, 0.15) is 17.0 Å². The molecule has 0 saturated carbocycles. The third-order valence-electron chi connectivity index (χ3n) is 2.43. The number of hydrogen-bond acceptors (Lipinski definition) is 2. The van der Waals surface area contributed by atoms with E-state index >= 15 is 0 Å². The molecule has 0 N–H and O–H groups in total. The van der Waals surface area contributed by atoms with E-state index in [9.17, 15) is 0 Å². The van der Waals surface area contributed by atoms with Crippen molar-refractivity contribution in [2.24, 2.45) is 0 Å². The van der Waals surface area contributed by atoms with Gasteiger partial charge in [0.1, 0.15) is 11.8 Å². The monoisotopic (exact) mass is 208 g/mol. The van der Waals surface area contributed by atoms with Gasteiger partial charge >= 0.3 is 0 Å². The largest absolute Gasteiger partial charge is 0.242 e. The van der Waals surface area contributed by atoms with Gasteiger partial charge in [0.15, 0.2) is 0 Å². The zero-order chi connectivity index (χ0) is 11.2. The summed E-state index contributed by atoms with van der Waals surface area (Å²) in [5, 5.41) is 8.73. The van der Waals surface area contributed by atoms with Gasteiger partial charge in [-0.05, 0) is 30.5 Å². The van der Waals surface area contributed by atoms with Crippen molar-refractivity contribution in [3.8, 4) is 6.07 Å². The van der Waals surface area contributed by atoms with Crippen LogP contribution in [0, 0.1) is 11.3 Å². The minimum atomic E-state index is 0.491. The van der Waals surface area contributed by atoms with Crippen LogP contribution in [0.2, 0.25) is 0 Å². The van der Waals surface area contributed by atoms with E-state index in [1.807, 2.05) is 30.3 Å². The summed E-state index contributed by atoms with van der Waals surface area (Å²) in [6, 6.07) is 17.9. The number of aryl methyl sites for hydroxylation is 2. The first-order chi connectivity index (χ1) is 7.88. The van der Waals surface area contributed by atoms with Crippen molar-refractivity contribution in [2.75, 3.05) is 0 Å². The molecule has 0 aliphatic rings. The molecule has 0 radical (unpaired) electrons. The summed E-state index contributed by atoms with van der Waals surface area (Å²) in [6.45, 7) is 0. The van der Waals surface area contributed by atoms with E-state index in [0.717, 1.165) is 18.5 Å². The fourth-order valence-corrected chi connectivity index (χ4v) is 1.60. The first kappa shape index (κ1) is 10.4. The van der Waals surface area contributed by atoms with Crippen LogP contribution >= 0.6 is 0 Å². The van der Waals surface area contributed by atoms with Gasteiger partial charge in [0.05, 0.1) is 0 Å². The average molecular weight is 208 g/mol. The molecule has 0 unspecified atom stereocenters. The molecule has 0 aliphatic carbocycles. The summed E-state index contributed by atoms with van der Waals surface area (Å²) in [6.07, 6.45) is 1.84. The zero-order valence-corrected chi connectivity index (χ0v) is 8.93. The first-order valence-corrected chi connectivity index (χ1v) is 5.28. The molecule has 16 heavy (non-hydrogen) atoms. The summed E-state index contributed by atoms with van der Waals surface area (Å²) in [5.74, 6) is 0. The Morgan fingerprint density at radius 1 is 0.938 bits per heavy atom. The molecule has 0 atom stereocenters. The Morgan fingerprint density at radius 2 is 1.75 bits per heavy atom. The highest BCUT2D eigenvalue weighted by Crippen LogP contribution is 2.05. The molecular formula is C14H12N2. The Balaban J connectivity index is 2.03. The summed E-state index contributed by atoms with van der Waals surface area (Å²) in [7, 11) is 0. The molecule has 2 aromatic rings. The lowest BCUT2D eigenvalue weighted by molar-refractivity contribution is 0.909. The molecule has 0 saturated heterocycles. The molecule has 1 aromatic heterocycles. The van der Waals surface area contributed by atoms with E-state index in [4.69, 9.17) is 5.26 Å². The van der Waals surface area contributed by atoms with E-state index in [-0.39, 0.29) is 0 Å². The number of nitriles is 1. The van der Waals surface area contributed by atoms with Crippen LogP contribution in [0.3, 0.4) is 0 Å². The number of pyridine rings is 1. The third kappa shape index (κ3) is 2.68. The van der Waals surface area contributed by atoms with Gasteiger partial charge in [0.25, 0.3) is 0 Å². The predicted molar refractivity (Wildman–Crippen MR) is 62.8 cm³/mol. The van der Waals surface area contributed by atoms with Gasteiger partial charge in [-0.25, -0.2) is 4.98 Å². The van der Waals surface area contributed by atoms with E-state index in [2.05, 4.69) is 23.2 Å². The normalized spacial score (nSPS) is 9.69. The van der Waals surface area contributed by atoms with Gasteiger partial charge < -0.3 is 0 Å².